The van der Waals surface area contributed by atoms with Gasteiger partial charge in [-0.05, 0) is 19.9 Å². The van der Waals surface area contributed by atoms with E-state index in [9.17, 15) is 4.79 Å². The van der Waals surface area contributed by atoms with Crippen LogP contribution in [0.2, 0.25) is 0 Å². The van der Waals surface area contributed by atoms with Crippen molar-refractivity contribution in [2.75, 3.05) is 13.1 Å². The van der Waals surface area contributed by atoms with Crippen LogP contribution in [0.3, 0.4) is 0 Å². The van der Waals surface area contributed by atoms with Crippen LogP contribution in [0.5, 0.6) is 0 Å². The fourth-order valence-electron chi connectivity index (χ4n) is 1.21. The van der Waals surface area contributed by atoms with Gasteiger partial charge in [0.1, 0.15) is 5.78 Å². The maximum atomic E-state index is 10.3. The van der Waals surface area contributed by atoms with Crippen molar-refractivity contribution in [1.29, 1.82) is 0 Å². The maximum absolute atomic E-state index is 10.3. The average Bonchev–Trinajstić information content (AvgIpc) is 2.80. The van der Waals surface area contributed by atoms with Crippen molar-refractivity contribution in [3.8, 4) is 0 Å². The number of carbonyl (C=O) groups excluding carboxylic acids is 1. The SMILES string of the molecule is CCCC.CCCNCC(C)=O.O=O.O=O.c1ccccc1.c1ccccc1. The van der Waals surface area contributed by atoms with Gasteiger partial charge in [0, 0.05) is 19.9 Å². The van der Waals surface area contributed by atoms with E-state index in [4.69, 9.17) is 19.9 Å². The maximum Gasteiger partial charge on any atom is 0.143 e. The molecule has 0 aliphatic heterocycles. The van der Waals surface area contributed by atoms with Crippen LogP contribution in [0.4, 0.5) is 0 Å². The lowest BCUT2D eigenvalue weighted by Crippen LogP contribution is -2.21. The van der Waals surface area contributed by atoms with Crippen molar-refractivity contribution < 1.29 is 4.79 Å². The number of hydrogen-bond donors (Lipinski definition) is 1. The molecule has 2 aromatic carbocycles. The predicted octanol–water partition coefficient (Wildman–Crippen LogP) is 5.89. The Kier molecular flexibility index (Phi) is 46.3. The fraction of sp³-hybridized carbons (Fsp3) is 0.409. The van der Waals surface area contributed by atoms with Gasteiger partial charge in [-0.25, -0.2) is 0 Å². The van der Waals surface area contributed by atoms with Gasteiger partial charge in [0.2, 0.25) is 0 Å². The van der Waals surface area contributed by atoms with Crippen molar-refractivity contribution in [3.63, 3.8) is 0 Å². The minimum atomic E-state index is 0.207. The Labute approximate surface area is 169 Å². The van der Waals surface area contributed by atoms with Crippen LogP contribution in [0.25, 0.3) is 0 Å². The lowest BCUT2D eigenvalue weighted by Gasteiger charge is -1.95. The lowest BCUT2D eigenvalue weighted by molar-refractivity contribution is -0.116. The first-order valence-corrected chi connectivity index (χ1v) is 9.22. The molecule has 0 aliphatic rings. The van der Waals surface area contributed by atoms with Crippen LogP contribution < -0.4 is 5.32 Å². The normalized spacial score (nSPS) is 7.43. The highest BCUT2D eigenvalue weighted by atomic mass is 16.7. The van der Waals surface area contributed by atoms with Crippen molar-refractivity contribution >= 4 is 5.78 Å². The summed E-state index contributed by atoms with van der Waals surface area (Å²) in [7, 11) is 0. The third-order valence-electron chi connectivity index (χ3n) is 2.63. The molecule has 0 amide bonds. The summed E-state index contributed by atoms with van der Waals surface area (Å²) in [6.45, 7) is 9.49. The number of hydrogen-bond acceptors (Lipinski definition) is 6. The Morgan fingerprint density at radius 3 is 0.964 bits per heavy atom. The molecule has 1 N–H and O–H groups in total. The number of Topliss-reactive ketones (excluding diaryl/α,β-unsaturated/α-hetero) is 1. The number of rotatable bonds is 5. The molecule has 0 aromatic heterocycles. The van der Waals surface area contributed by atoms with Gasteiger partial charge in [-0.2, -0.15) is 0 Å². The number of carbonyl (C=O) groups is 1. The molecule has 0 atom stereocenters. The molecular formula is C22H35NO5. The van der Waals surface area contributed by atoms with Gasteiger partial charge in [-0.1, -0.05) is 106 Å². The van der Waals surface area contributed by atoms with Gasteiger partial charge in [-0.3, -0.25) is 4.79 Å². The summed E-state index contributed by atoms with van der Waals surface area (Å²) in [6.07, 6.45) is 3.73. The van der Waals surface area contributed by atoms with Crippen molar-refractivity contribution in [1.82, 2.24) is 5.32 Å². The summed E-state index contributed by atoms with van der Waals surface area (Å²) < 4.78 is 0. The molecule has 0 saturated carbocycles. The van der Waals surface area contributed by atoms with Crippen molar-refractivity contribution in [2.45, 2.75) is 47.0 Å². The third-order valence-corrected chi connectivity index (χ3v) is 2.63. The summed E-state index contributed by atoms with van der Waals surface area (Å²) in [5, 5.41) is 2.98. The molecule has 158 valence electrons. The summed E-state index contributed by atoms with van der Waals surface area (Å²) in [4.78, 5) is 38.3. The second kappa shape index (κ2) is 39.4. The monoisotopic (exact) mass is 393 g/mol. The molecule has 0 radical (unpaired) electrons. The number of benzene rings is 2. The van der Waals surface area contributed by atoms with Gasteiger partial charge in [0.25, 0.3) is 0 Å². The van der Waals surface area contributed by atoms with Crippen LogP contribution in [-0.4, -0.2) is 18.9 Å². The third kappa shape index (κ3) is 49.5. The Balaban J connectivity index is -0.000000132. The molecule has 2 aromatic rings. The van der Waals surface area contributed by atoms with E-state index in [0.29, 0.717) is 6.54 Å². The summed E-state index contributed by atoms with van der Waals surface area (Å²) in [5.74, 6) is 0.207. The van der Waals surface area contributed by atoms with E-state index in [0.717, 1.165) is 13.0 Å². The Bertz CT molecular complexity index is 380. The highest BCUT2D eigenvalue weighted by Crippen LogP contribution is 1.80. The van der Waals surface area contributed by atoms with Crippen molar-refractivity contribution in [2.24, 2.45) is 0 Å². The van der Waals surface area contributed by atoms with E-state index in [1.165, 1.54) is 12.8 Å². The molecule has 0 aliphatic carbocycles. The number of ketones is 1. The van der Waals surface area contributed by atoms with Crippen LogP contribution in [-0.2, 0) is 4.79 Å². The van der Waals surface area contributed by atoms with Crippen LogP contribution in [0, 0.1) is 19.9 Å². The minimum absolute atomic E-state index is 0.207. The minimum Gasteiger partial charge on any atom is -0.310 e. The molecule has 0 fully saturated rings. The van der Waals surface area contributed by atoms with E-state index >= 15 is 0 Å². The Morgan fingerprint density at radius 2 is 0.821 bits per heavy atom. The largest absolute Gasteiger partial charge is 0.310 e. The number of unbranched alkanes of at least 4 members (excludes halogenated alkanes) is 1. The van der Waals surface area contributed by atoms with E-state index in [1.807, 2.05) is 72.8 Å². The van der Waals surface area contributed by atoms with Crippen LogP contribution in [0.15, 0.2) is 72.8 Å². The first-order chi connectivity index (χ1) is 13.7. The molecular weight excluding hydrogens is 358 g/mol. The first-order valence-electron chi connectivity index (χ1n) is 9.22. The number of nitrogens with one attached hydrogen (secondary N) is 1. The zero-order valence-electron chi connectivity index (χ0n) is 17.5. The van der Waals surface area contributed by atoms with E-state index < -0.39 is 0 Å². The fourth-order valence-corrected chi connectivity index (χ4v) is 1.21. The van der Waals surface area contributed by atoms with Gasteiger partial charge in [-0.15, -0.1) is 0 Å². The highest BCUT2D eigenvalue weighted by molar-refractivity contribution is 5.77. The van der Waals surface area contributed by atoms with Crippen molar-refractivity contribution in [3.05, 3.63) is 92.7 Å². The van der Waals surface area contributed by atoms with Gasteiger partial charge in [0.05, 0.1) is 6.54 Å². The molecule has 6 heteroatoms. The van der Waals surface area contributed by atoms with E-state index in [2.05, 4.69) is 26.1 Å². The Morgan fingerprint density at radius 1 is 0.571 bits per heavy atom. The zero-order chi connectivity index (χ0) is 22.3. The molecule has 28 heavy (non-hydrogen) atoms. The van der Waals surface area contributed by atoms with Crippen LogP contribution >= 0.6 is 0 Å². The van der Waals surface area contributed by atoms with Gasteiger partial charge < -0.3 is 5.32 Å². The second-order valence-corrected chi connectivity index (χ2v) is 5.19. The smallest absolute Gasteiger partial charge is 0.143 e. The van der Waals surface area contributed by atoms with E-state index in [-0.39, 0.29) is 5.78 Å². The lowest BCUT2D eigenvalue weighted by atomic mass is 10.4. The standard InChI is InChI=1S/C6H13NO.2C6H6.C4H10.2O2/c1-3-4-7-5-6(2)8;2*1-2-4-6-5-3-1;1-3-4-2;2*1-2/h7H,3-5H2,1-2H3;2*1-6H;3-4H2,1-2H3;;. The highest BCUT2D eigenvalue weighted by Gasteiger charge is 1.87. The second-order valence-electron chi connectivity index (χ2n) is 5.19. The Hall–Kier alpha value is -2.73. The molecule has 0 heterocycles. The summed E-state index contributed by atoms with van der Waals surface area (Å²) in [5.41, 5.74) is 0. The zero-order valence-corrected chi connectivity index (χ0v) is 17.5. The van der Waals surface area contributed by atoms with E-state index in [1.54, 1.807) is 6.92 Å². The van der Waals surface area contributed by atoms with Crippen LogP contribution in [0.1, 0.15) is 47.0 Å². The molecule has 6 nitrogen and oxygen atoms in total. The predicted molar refractivity (Wildman–Crippen MR) is 121 cm³/mol. The van der Waals surface area contributed by atoms with Gasteiger partial charge in [0.15, 0.2) is 0 Å². The quantitative estimate of drug-likeness (QED) is 0.636. The molecule has 0 saturated heterocycles. The first kappa shape index (κ1) is 32.9. The molecule has 0 bridgehead atoms. The topological polar surface area (TPSA) is 97.4 Å². The summed E-state index contributed by atoms with van der Waals surface area (Å²) in [6, 6.07) is 24.0. The average molecular weight is 394 g/mol. The summed E-state index contributed by atoms with van der Waals surface area (Å²) >= 11 is 0. The molecule has 0 unspecified atom stereocenters. The molecule has 2 rings (SSSR count). The van der Waals surface area contributed by atoms with Gasteiger partial charge >= 0.3 is 0 Å². The molecule has 0 spiro atoms.